The van der Waals surface area contributed by atoms with Crippen molar-refractivity contribution in [2.45, 2.75) is 64.0 Å². The largest absolute Gasteiger partial charge is 0.393 e. The maximum atomic E-state index is 12.7. The first kappa shape index (κ1) is 14.8. The number of aliphatic hydroxyl groups is 1. The van der Waals surface area contributed by atoms with Gasteiger partial charge in [-0.25, -0.2) is 0 Å². The van der Waals surface area contributed by atoms with Crippen molar-refractivity contribution >= 4 is 5.91 Å². The third-order valence-corrected chi connectivity index (χ3v) is 4.34. The minimum Gasteiger partial charge on any atom is -0.393 e. The summed E-state index contributed by atoms with van der Waals surface area (Å²) < 4.78 is 5.34. The number of aliphatic hydroxyl groups excluding tert-OH is 1. The second kappa shape index (κ2) is 7.25. The number of carbonyl (C=O) groups is 1. The first-order chi connectivity index (χ1) is 9.18. The molecule has 0 spiro atoms. The van der Waals surface area contributed by atoms with E-state index in [9.17, 15) is 9.90 Å². The van der Waals surface area contributed by atoms with Crippen molar-refractivity contribution < 1.29 is 14.6 Å². The predicted octanol–water partition coefficient (Wildman–Crippen LogP) is 1.96. The molecule has 0 aromatic carbocycles. The van der Waals surface area contributed by atoms with Crippen LogP contribution in [0.2, 0.25) is 0 Å². The van der Waals surface area contributed by atoms with Crippen molar-refractivity contribution in [2.24, 2.45) is 5.92 Å². The fourth-order valence-electron chi connectivity index (χ4n) is 3.29. The van der Waals surface area contributed by atoms with Gasteiger partial charge in [-0.3, -0.25) is 4.79 Å². The topological polar surface area (TPSA) is 49.8 Å². The lowest BCUT2D eigenvalue weighted by atomic mass is 9.96. The molecule has 0 saturated carbocycles. The molecule has 4 nitrogen and oxygen atoms in total. The van der Waals surface area contributed by atoms with Crippen LogP contribution in [0.4, 0.5) is 0 Å². The van der Waals surface area contributed by atoms with Gasteiger partial charge in [-0.1, -0.05) is 12.8 Å². The summed E-state index contributed by atoms with van der Waals surface area (Å²) in [5, 5.41) is 9.65. The molecular formula is C15H27NO3. The second-order valence-electron chi connectivity index (χ2n) is 6.01. The molecule has 2 aliphatic heterocycles. The molecule has 4 heteroatoms. The SMILES string of the molecule is CC(O)CC1CCCCCN1C(=O)C1CCOCC1. The third kappa shape index (κ3) is 4.18. The van der Waals surface area contributed by atoms with Crippen LogP contribution in [0, 0.1) is 5.92 Å². The van der Waals surface area contributed by atoms with Crippen molar-refractivity contribution in [3.05, 3.63) is 0 Å². The lowest BCUT2D eigenvalue weighted by molar-refractivity contribution is -0.141. The fraction of sp³-hybridized carbons (Fsp3) is 0.933. The number of likely N-dealkylation sites (tertiary alicyclic amines) is 1. The molecule has 2 saturated heterocycles. The lowest BCUT2D eigenvalue weighted by Gasteiger charge is -2.35. The summed E-state index contributed by atoms with van der Waals surface area (Å²) in [4.78, 5) is 14.8. The van der Waals surface area contributed by atoms with Gasteiger partial charge < -0.3 is 14.7 Å². The van der Waals surface area contributed by atoms with Crippen LogP contribution < -0.4 is 0 Å². The van der Waals surface area contributed by atoms with Crippen molar-refractivity contribution in [3.8, 4) is 0 Å². The monoisotopic (exact) mass is 269 g/mol. The van der Waals surface area contributed by atoms with Gasteiger partial charge >= 0.3 is 0 Å². The zero-order chi connectivity index (χ0) is 13.7. The van der Waals surface area contributed by atoms with Crippen LogP contribution in [-0.4, -0.2) is 47.8 Å². The number of hydrogen-bond donors (Lipinski definition) is 1. The highest BCUT2D eigenvalue weighted by Gasteiger charge is 2.31. The highest BCUT2D eigenvalue weighted by Crippen LogP contribution is 2.25. The van der Waals surface area contributed by atoms with Gasteiger partial charge in [0.15, 0.2) is 0 Å². The van der Waals surface area contributed by atoms with E-state index in [2.05, 4.69) is 4.90 Å². The van der Waals surface area contributed by atoms with E-state index < -0.39 is 0 Å². The van der Waals surface area contributed by atoms with E-state index in [0.29, 0.717) is 19.1 Å². The molecule has 0 radical (unpaired) electrons. The molecule has 0 aliphatic carbocycles. The lowest BCUT2D eigenvalue weighted by Crippen LogP contribution is -2.45. The predicted molar refractivity (Wildman–Crippen MR) is 73.8 cm³/mol. The summed E-state index contributed by atoms with van der Waals surface area (Å²) in [6.07, 6.45) is 6.63. The number of rotatable bonds is 3. The molecule has 2 aliphatic rings. The minimum atomic E-state index is -0.326. The highest BCUT2D eigenvalue weighted by molar-refractivity contribution is 5.79. The summed E-state index contributed by atoms with van der Waals surface area (Å²) in [5.74, 6) is 0.444. The van der Waals surface area contributed by atoms with Crippen LogP contribution in [0.1, 0.15) is 51.9 Å². The van der Waals surface area contributed by atoms with Gasteiger partial charge in [-0.15, -0.1) is 0 Å². The molecule has 1 amide bonds. The van der Waals surface area contributed by atoms with Crippen molar-refractivity contribution in [1.82, 2.24) is 4.90 Å². The Morgan fingerprint density at radius 3 is 2.68 bits per heavy atom. The molecule has 0 aromatic rings. The van der Waals surface area contributed by atoms with Crippen molar-refractivity contribution in [2.75, 3.05) is 19.8 Å². The highest BCUT2D eigenvalue weighted by atomic mass is 16.5. The van der Waals surface area contributed by atoms with E-state index in [1.54, 1.807) is 0 Å². The van der Waals surface area contributed by atoms with Gasteiger partial charge in [0.05, 0.1) is 6.10 Å². The quantitative estimate of drug-likeness (QED) is 0.852. The molecule has 19 heavy (non-hydrogen) atoms. The second-order valence-corrected chi connectivity index (χ2v) is 6.01. The van der Waals surface area contributed by atoms with Crippen molar-refractivity contribution in [1.29, 1.82) is 0 Å². The molecule has 2 unspecified atom stereocenters. The van der Waals surface area contributed by atoms with Crippen LogP contribution >= 0.6 is 0 Å². The van der Waals surface area contributed by atoms with Gasteiger partial charge in [-0.05, 0) is 39.0 Å². The molecule has 0 bridgehead atoms. The first-order valence-corrected chi connectivity index (χ1v) is 7.74. The number of nitrogens with zero attached hydrogens (tertiary/aromatic N) is 1. The van der Waals surface area contributed by atoms with Gasteiger partial charge in [0.1, 0.15) is 0 Å². The number of hydrogen-bond acceptors (Lipinski definition) is 3. The first-order valence-electron chi connectivity index (χ1n) is 7.74. The van der Waals surface area contributed by atoms with Gasteiger partial charge in [0.2, 0.25) is 5.91 Å². The summed E-state index contributed by atoms with van der Waals surface area (Å²) in [6, 6.07) is 0.234. The Bertz CT molecular complexity index is 287. The Hall–Kier alpha value is -0.610. The molecule has 2 rings (SSSR count). The third-order valence-electron chi connectivity index (χ3n) is 4.34. The van der Waals surface area contributed by atoms with Gasteiger partial charge in [0, 0.05) is 31.7 Å². The molecule has 2 atom stereocenters. The molecule has 110 valence electrons. The van der Waals surface area contributed by atoms with E-state index in [1.807, 2.05) is 6.92 Å². The van der Waals surface area contributed by atoms with Crippen LogP contribution in [-0.2, 0) is 9.53 Å². The zero-order valence-corrected chi connectivity index (χ0v) is 12.0. The standard InChI is InChI=1S/C15H27NO3/c1-12(17)11-14-5-3-2-4-8-16(14)15(18)13-6-9-19-10-7-13/h12-14,17H,2-11H2,1H3. The Balaban J connectivity index is 2.01. The summed E-state index contributed by atoms with van der Waals surface area (Å²) in [6.45, 7) is 4.12. The minimum absolute atomic E-state index is 0.142. The van der Waals surface area contributed by atoms with E-state index in [1.165, 1.54) is 12.8 Å². The Morgan fingerprint density at radius 2 is 2.00 bits per heavy atom. The smallest absolute Gasteiger partial charge is 0.226 e. The molecular weight excluding hydrogens is 242 g/mol. The van der Waals surface area contributed by atoms with Gasteiger partial charge in [-0.2, -0.15) is 0 Å². The average molecular weight is 269 g/mol. The molecule has 2 heterocycles. The number of ether oxygens (including phenoxy) is 1. The zero-order valence-electron chi connectivity index (χ0n) is 12.0. The Morgan fingerprint density at radius 1 is 1.26 bits per heavy atom. The normalized spacial score (nSPS) is 27.9. The fourth-order valence-corrected chi connectivity index (χ4v) is 3.29. The average Bonchev–Trinajstić information content (AvgIpc) is 2.64. The van der Waals surface area contributed by atoms with Crippen LogP contribution in [0.15, 0.2) is 0 Å². The van der Waals surface area contributed by atoms with Crippen LogP contribution in [0.5, 0.6) is 0 Å². The molecule has 1 N–H and O–H groups in total. The van der Waals surface area contributed by atoms with E-state index >= 15 is 0 Å². The maximum Gasteiger partial charge on any atom is 0.226 e. The summed E-state index contributed by atoms with van der Waals surface area (Å²) in [7, 11) is 0. The van der Waals surface area contributed by atoms with Crippen LogP contribution in [0.25, 0.3) is 0 Å². The van der Waals surface area contributed by atoms with E-state index in [0.717, 1.165) is 38.6 Å². The molecule has 0 aromatic heterocycles. The van der Waals surface area contributed by atoms with Crippen LogP contribution in [0.3, 0.4) is 0 Å². The van der Waals surface area contributed by atoms with Crippen molar-refractivity contribution in [3.63, 3.8) is 0 Å². The maximum absolute atomic E-state index is 12.7. The summed E-state index contributed by atoms with van der Waals surface area (Å²) >= 11 is 0. The van der Waals surface area contributed by atoms with Gasteiger partial charge in [0.25, 0.3) is 0 Å². The number of carbonyl (C=O) groups excluding carboxylic acids is 1. The van der Waals surface area contributed by atoms with E-state index in [4.69, 9.17) is 4.74 Å². The molecule has 2 fully saturated rings. The van der Waals surface area contributed by atoms with E-state index in [-0.39, 0.29) is 18.1 Å². The number of amides is 1. The Kier molecular flexibility index (Phi) is 5.64. The summed E-state index contributed by atoms with van der Waals surface area (Å²) in [5.41, 5.74) is 0. The Labute approximate surface area is 116 Å².